The van der Waals surface area contributed by atoms with E-state index in [0.29, 0.717) is 0 Å². The lowest BCUT2D eigenvalue weighted by atomic mass is 9.85. The smallest absolute Gasteiger partial charge is 0.144 e. The normalized spacial score (nSPS) is 12.7. The van der Waals surface area contributed by atoms with E-state index in [1.807, 2.05) is 23.6 Å². The Hall–Kier alpha value is -2.69. The highest BCUT2D eigenvalue weighted by Gasteiger charge is 2.21. The molecule has 142 valence electrons. The number of fused-ring (bicyclic) bond motifs is 6. The number of pyridine rings is 1. The van der Waals surface area contributed by atoms with E-state index >= 15 is 0 Å². The van der Waals surface area contributed by atoms with Gasteiger partial charge in [-0.3, -0.25) is 4.98 Å². The molecule has 4 heterocycles. The maximum Gasteiger partial charge on any atom is 0.144 e. The zero-order chi connectivity index (χ0) is 19.8. The van der Waals surface area contributed by atoms with Crippen molar-refractivity contribution in [3.8, 4) is 11.3 Å². The van der Waals surface area contributed by atoms with Crippen LogP contribution in [0.3, 0.4) is 0 Å². The van der Waals surface area contributed by atoms with Gasteiger partial charge >= 0.3 is 0 Å². The van der Waals surface area contributed by atoms with E-state index in [9.17, 15) is 0 Å². The third-order valence-electron chi connectivity index (χ3n) is 5.61. The summed E-state index contributed by atoms with van der Waals surface area (Å²) in [4.78, 5) is 4.83. The van der Waals surface area contributed by atoms with Crippen LogP contribution in [0.15, 0.2) is 63.8 Å². The van der Waals surface area contributed by atoms with Crippen molar-refractivity contribution in [1.29, 1.82) is 0 Å². The first-order valence-electron chi connectivity index (χ1n) is 9.70. The molecule has 2 nitrogen and oxygen atoms in total. The lowest BCUT2D eigenvalue weighted by molar-refractivity contribution is 0.597. The van der Waals surface area contributed by atoms with E-state index in [-0.39, 0.29) is 5.41 Å². The fourth-order valence-corrected chi connectivity index (χ4v) is 6.11. The number of nitrogens with zero attached hydrogens (tertiary/aromatic N) is 1. The van der Waals surface area contributed by atoms with Crippen molar-refractivity contribution in [2.24, 2.45) is 0 Å². The second-order valence-electron chi connectivity index (χ2n) is 8.52. The van der Waals surface area contributed by atoms with Crippen LogP contribution < -0.4 is 0 Å². The molecule has 6 rings (SSSR count). The second kappa shape index (κ2) is 5.91. The summed E-state index contributed by atoms with van der Waals surface area (Å²) in [7, 11) is 0. The number of hydrogen-bond acceptors (Lipinski definition) is 4. The molecule has 0 saturated heterocycles. The Morgan fingerprint density at radius 3 is 2.62 bits per heavy atom. The van der Waals surface area contributed by atoms with E-state index in [1.165, 1.54) is 25.7 Å². The van der Waals surface area contributed by atoms with E-state index in [0.717, 1.165) is 33.2 Å². The van der Waals surface area contributed by atoms with E-state index in [1.54, 1.807) is 11.3 Å². The number of aromatic nitrogens is 1. The molecular formula is C25H19NOS2. The predicted molar refractivity (Wildman–Crippen MR) is 126 cm³/mol. The van der Waals surface area contributed by atoms with Gasteiger partial charge in [0.2, 0.25) is 0 Å². The zero-order valence-electron chi connectivity index (χ0n) is 16.4. The highest BCUT2D eigenvalue weighted by Crippen LogP contribution is 2.42. The third kappa shape index (κ3) is 2.49. The molecule has 2 aromatic carbocycles. The van der Waals surface area contributed by atoms with Gasteiger partial charge in [-0.15, -0.1) is 22.7 Å². The van der Waals surface area contributed by atoms with Crippen LogP contribution in [0, 0.1) is 0 Å². The molecule has 0 N–H and O–H groups in total. The predicted octanol–water partition coefficient (Wildman–Crippen LogP) is 8.37. The summed E-state index contributed by atoms with van der Waals surface area (Å²) >= 11 is 3.56. The fraction of sp³-hybridized carbons (Fsp3) is 0.160. The quantitative estimate of drug-likeness (QED) is 0.270. The Morgan fingerprint density at radius 1 is 0.897 bits per heavy atom. The summed E-state index contributed by atoms with van der Waals surface area (Å²) in [5.41, 5.74) is 5.43. The summed E-state index contributed by atoms with van der Waals surface area (Å²) < 4.78 is 8.94. The maximum atomic E-state index is 6.32. The van der Waals surface area contributed by atoms with Crippen LogP contribution in [0.25, 0.3) is 53.4 Å². The average Bonchev–Trinajstić information content (AvgIpc) is 3.42. The Morgan fingerprint density at radius 2 is 1.76 bits per heavy atom. The molecule has 0 fully saturated rings. The van der Waals surface area contributed by atoms with Gasteiger partial charge in [0.25, 0.3) is 0 Å². The van der Waals surface area contributed by atoms with Gasteiger partial charge in [-0.05, 0) is 69.6 Å². The minimum absolute atomic E-state index is 0.0638. The topological polar surface area (TPSA) is 26.0 Å². The van der Waals surface area contributed by atoms with Gasteiger partial charge in [-0.1, -0.05) is 20.8 Å². The van der Waals surface area contributed by atoms with Crippen molar-refractivity contribution in [2.75, 3.05) is 0 Å². The van der Waals surface area contributed by atoms with Crippen LogP contribution in [0.1, 0.15) is 26.3 Å². The van der Waals surface area contributed by atoms with Gasteiger partial charge in [0.1, 0.15) is 11.2 Å². The van der Waals surface area contributed by atoms with Crippen molar-refractivity contribution in [1.82, 2.24) is 4.98 Å². The summed E-state index contributed by atoms with van der Waals surface area (Å²) in [6, 6.07) is 15.3. The number of benzene rings is 2. The molecule has 0 bridgehead atoms. The Bertz CT molecular complexity index is 1540. The summed E-state index contributed by atoms with van der Waals surface area (Å²) in [6.07, 6.45) is 1.86. The summed E-state index contributed by atoms with van der Waals surface area (Å²) in [5.74, 6) is 0. The van der Waals surface area contributed by atoms with Crippen molar-refractivity contribution in [3.63, 3.8) is 0 Å². The molecule has 0 spiro atoms. The monoisotopic (exact) mass is 413 g/mol. The molecule has 0 aliphatic rings. The van der Waals surface area contributed by atoms with Crippen LogP contribution >= 0.6 is 22.7 Å². The molecule has 4 heteroatoms. The van der Waals surface area contributed by atoms with Gasteiger partial charge in [-0.2, -0.15) is 0 Å². The molecule has 0 saturated carbocycles. The Labute approximate surface area is 176 Å². The second-order valence-corrected chi connectivity index (χ2v) is 10.4. The van der Waals surface area contributed by atoms with E-state index < -0.39 is 0 Å². The molecule has 6 aromatic rings. The Kier molecular flexibility index (Phi) is 3.50. The standard InChI is InChI=1S/C25H19NOS2/c1-25(2,3)18-13-15(12-14-7-10-29-24(14)18)22-21-17-4-5-20-16(8-11-28-20)23(17)27-19(21)6-9-26-22/h4-13H,1-3H3. The molecule has 0 amide bonds. The van der Waals surface area contributed by atoms with Gasteiger partial charge in [0.15, 0.2) is 0 Å². The molecule has 4 aromatic heterocycles. The van der Waals surface area contributed by atoms with E-state index in [2.05, 4.69) is 67.9 Å². The first kappa shape index (κ1) is 17.2. The first-order valence-corrected chi connectivity index (χ1v) is 11.5. The number of furan rings is 1. The fourth-order valence-electron chi connectivity index (χ4n) is 4.22. The van der Waals surface area contributed by atoms with Crippen LogP contribution in [0.5, 0.6) is 0 Å². The van der Waals surface area contributed by atoms with Crippen LogP contribution in [-0.2, 0) is 5.41 Å². The van der Waals surface area contributed by atoms with Gasteiger partial charge < -0.3 is 4.42 Å². The van der Waals surface area contributed by atoms with Crippen LogP contribution in [-0.4, -0.2) is 4.98 Å². The largest absolute Gasteiger partial charge is 0.455 e. The maximum absolute atomic E-state index is 6.32. The van der Waals surface area contributed by atoms with Gasteiger partial charge in [0, 0.05) is 31.9 Å². The van der Waals surface area contributed by atoms with Crippen molar-refractivity contribution in [3.05, 3.63) is 65.0 Å². The minimum Gasteiger partial charge on any atom is -0.455 e. The number of thiophene rings is 2. The molecule has 0 radical (unpaired) electrons. The average molecular weight is 414 g/mol. The molecule has 0 aliphatic heterocycles. The van der Waals surface area contributed by atoms with E-state index in [4.69, 9.17) is 9.40 Å². The summed E-state index contributed by atoms with van der Waals surface area (Å²) in [6.45, 7) is 6.83. The third-order valence-corrected chi connectivity index (χ3v) is 7.46. The van der Waals surface area contributed by atoms with Crippen molar-refractivity contribution < 1.29 is 4.42 Å². The highest BCUT2D eigenvalue weighted by molar-refractivity contribution is 7.17. The first-order chi connectivity index (χ1) is 14.0. The lowest BCUT2D eigenvalue weighted by Gasteiger charge is -2.21. The number of rotatable bonds is 1. The van der Waals surface area contributed by atoms with Crippen molar-refractivity contribution >= 4 is 64.8 Å². The molecule has 29 heavy (non-hydrogen) atoms. The zero-order valence-corrected chi connectivity index (χ0v) is 18.1. The van der Waals surface area contributed by atoms with Crippen molar-refractivity contribution in [2.45, 2.75) is 26.2 Å². The molecule has 0 aliphatic carbocycles. The summed E-state index contributed by atoms with van der Waals surface area (Å²) in [5, 5.41) is 9.00. The minimum atomic E-state index is 0.0638. The molecule has 0 atom stereocenters. The number of hydrogen-bond donors (Lipinski definition) is 0. The van der Waals surface area contributed by atoms with Crippen LogP contribution in [0.2, 0.25) is 0 Å². The lowest BCUT2D eigenvalue weighted by Crippen LogP contribution is -2.11. The highest BCUT2D eigenvalue weighted by atomic mass is 32.1. The Balaban J connectivity index is 1.73. The van der Waals surface area contributed by atoms with Gasteiger partial charge in [0.05, 0.1) is 11.1 Å². The molecule has 0 unspecified atom stereocenters. The van der Waals surface area contributed by atoms with Crippen LogP contribution in [0.4, 0.5) is 0 Å². The van der Waals surface area contributed by atoms with Gasteiger partial charge in [-0.25, -0.2) is 0 Å². The SMILES string of the molecule is CC(C)(C)c1cc(-c2nccc3oc4c5ccsc5ccc4c23)cc2ccsc12. The molecular weight excluding hydrogens is 394 g/mol.